The van der Waals surface area contributed by atoms with Gasteiger partial charge in [-0.05, 0) is 24.7 Å². The van der Waals surface area contributed by atoms with Gasteiger partial charge in [-0.1, -0.05) is 36.5 Å². The van der Waals surface area contributed by atoms with Crippen LogP contribution in [0.3, 0.4) is 0 Å². The van der Waals surface area contributed by atoms with Gasteiger partial charge < -0.3 is 0 Å². The van der Waals surface area contributed by atoms with Gasteiger partial charge in [-0.2, -0.15) is 0 Å². The van der Waals surface area contributed by atoms with Crippen molar-refractivity contribution in [3.63, 3.8) is 0 Å². The Kier molecular flexibility index (Phi) is 1.46. The second-order valence-corrected chi connectivity index (χ2v) is 3.09. The van der Waals surface area contributed by atoms with Crippen LogP contribution in [-0.2, 0) is 0 Å². The Bertz CT molecular complexity index is 196. The number of fused-ring (bicyclic) bond motifs is 2. The Labute approximate surface area is 61.9 Å². The fourth-order valence-electron chi connectivity index (χ4n) is 1.68. The van der Waals surface area contributed by atoms with E-state index >= 15 is 0 Å². The lowest BCUT2D eigenvalue weighted by Gasteiger charge is -2.17. The van der Waals surface area contributed by atoms with Crippen molar-refractivity contribution in [1.82, 2.24) is 0 Å². The van der Waals surface area contributed by atoms with E-state index in [1.807, 2.05) is 0 Å². The molecule has 0 saturated carbocycles. The molecule has 10 heavy (non-hydrogen) atoms. The summed E-state index contributed by atoms with van der Waals surface area (Å²) in [4.78, 5) is 0. The minimum absolute atomic E-state index is 0.716. The first-order chi connectivity index (χ1) is 4.95. The first-order valence-corrected chi connectivity index (χ1v) is 3.97. The Morgan fingerprint density at radius 1 is 1.00 bits per heavy atom. The average Bonchev–Trinajstić information content (AvgIpc) is 2.12. The van der Waals surface area contributed by atoms with E-state index in [0.29, 0.717) is 5.92 Å². The van der Waals surface area contributed by atoms with Gasteiger partial charge in [0.05, 0.1) is 0 Å². The minimum atomic E-state index is 0.716. The maximum Gasteiger partial charge on any atom is -0.00447 e. The topological polar surface area (TPSA) is 0 Å². The van der Waals surface area contributed by atoms with Gasteiger partial charge in [-0.15, -0.1) is 0 Å². The summed E-state index contributed by atoms with van der Waals surface area (Å²) in [6.45, 7) is 0. The molecule has 0 aromatic carbocycles. The summed E-state index contributed by atoms with van der Waals surface area (Å²) in [6, 6.07) is 0. The Morgan fingerprint density at radius 2 is 1.90 bits per heavy atom. The summed E-state index contributed by atoms with van der Waals surface area (Å²) >= 11 is 0. The zero-order valence-electron chi connectivity index (χ0n) is 6.03. The molecule has 0 heterocycles. The molecular formula is C10H12. The fourth-order valence-corrected chi connectivity index (χ4v) is 1.68. The van der Waals surface area contributed by atoms with E-state index in [4.69, 9.17) is 0 Å². The lowest BCUT2D eigenvalue weighted by atomic mass is 9.88. The van der Waals surface area contributed by atoms with Crippen LogP contribution in [0.1, 0.15) is 12.8 Å². The van der Waals surface area contributed by atoms with Crippen LogP contribution in [0.4, 0.5) is 0 Å². The highest BCUT2D eigenvalue weighted by Crippen LogP contribution is 2.27. The normalized spacial score (nSPS) is 36.0. The molecule has 0 saturated heterocycles. The third-order valence-corrected chi connectivity index (χ3v) is 2.25. The van der Waals surface area contributed by atoms with Crippen LogP contribution in [0.2, 0.25) is 0 Å². The molecule has 0 spiro atoms. The summed E-state index contributed by atoms with van der Waals surface area (Å²) in [5.41, 5.74) is 0. The highest BCUT2D eigenvalue weighted by atomic mass is 14.2. The first kappa shape index (κ1) is 5.96. The van der Waals surface area contributed by atoms with Gasteiger partial charge >= 0.3 is 0 Å². The number of hydrogen-bond acceptors (Lipinski definition) is 0. The van der Waals surface area contributed by atoms with Gasteiger partial charge in [-0.25, -0.2) is 0 Å². The highest BCUT2D eigenvalue weighted by Gasteiger charge is 2.14. The molecule has 52 valence electrons. The highest BCUT2D eigenvalue weighted by molar-refractivity contribution is 5.17. The van der Waals surface area contributed by atoms with Crippen molar-refractivity contribution in [2.45, 2.75) is 12.8 Å². The fraction of sp³-hybridized carbons (Fsp3) is 0.400. The molecule has 0 aromatic heterocycles. The Morgan fingerprint density at radius 3 is 2.90 bits per heavy atom. The number of rotatable bonds is 0. The Balaban J connectivity index is 2.25. The average molecular weight is 132 g/mol. The van der Waals surface area contributed by atoms with E-state index in [0.717, 1.165) is 5.92 Å². The molecule has 0 aromatic rings. The maximum atomic E-state index is 2.32. The molecule has 0 radical (unpaired) electrons. The van der Waals surface area contributed by atoms with Gasteiger partial charge in [0.2, 0.25) is 0 Å². The summed E-state index contributed by atoms with van der Waals surface area (Å²) in [7, 11) is 0. The van der Waals surface area contributed by atoms with Crippen molar-refractivity contribution in [3.8, 4) is 0 Å². The molecule has 2 rings (SSSR count). The largest absolute Gasteiger partial charge is 0.0874 e. The summed E-state index contributed by atoms with van der Waals surface area (Å²) < 4.78 is 0. The molecule has 0 amide bonds. The summed E-state index contributed by atoms with van der Waals surface area (Å²) in [5.74, 6) is 1.53. The van der Waals surface area contributed by atoms with E-state index in [-0.39, 0.29) is 0 Å². The predicted octanol–water partition coefficient (Wildman–Crippen LogP) is 2.69. The van der Waals surface area contributed by atoms with Crippen molar-refractivity contribution < 1.29 is 0 Å². The van der Waals surface area contributed by atoms with Gasteiger partial charge in [0, 0.05) is 0 Å². The second kappa shape index (κ2) is 2.45. The van der Waals surface area contributed by atoms with Crippen molar-refractivity contribution in [1.29, 1.82) is 0 Å². The van der Waals surface area contributed by atoms with Crippen molar-refractivity contribution in [3.05, 3.63) is 36.5 Å². The molecule has 0 heteroatoms. The zero-order chi connectivity index (χ0) is 6.81. The molecular weight excluding hydrogens is 120 g/mol. The van der Waals surface area contributed by atoms with Gasteiger partial charge in [-0.3, -0.25) is 0 Å². The molecule has 2 aliphatic rings. The van der Waals surface area contributed by atoms with E-state index < -0.39 is 0 Å². The van der Waals surface area contributed by atoms with Crippen LogP contribution in [0.15, 0.2) is 36.5 Å². The summed E-state index contributed by atoms with van der Waals surface area (Å²) in [6.07, 6.45) is 16.1. The lowest BCUT2D eigenvalue weighted by Crippen LogP contribution is -2.05. The second-order valence-electron chi connectivity index (χ2n) is 3.09. The Hall–Kier alpha value is -0.780. The third kappa shape index (κ3) is 1.06. The SMILES string of the molecule is C1=CC2C=CCC(C=C1)C2. The molecule has 2 bridgehead atoms. The van der Waals surface area contributed by atoms with Crippen molar-refractivity contribution in [2.75, 3.05) is 0 Å². The monoisotopic (exact) mass is 132 g/mol. The van der Waals surface area contributed by atoms with Crippen molar-refractivity contribution >= 4 is 0 Å². The maximum absolute atomic E-state index is 2.32. The van der Waals surface area contributed by atoms with Crippen molar-refractivity contribution in [2.24, 2.45) is 11.8 Å². The van der Waals surface area contributed by atoms with E-state index in [9.17, 15) is 0 Å². The van der Waals surface area contributed by atoms with Crippen LogP contribution in [0.25, 0.3) is 0 Å². The number of allylic oxidation sites excluding steroid dienone is 6. The van der Waals surface area contributed by atoms with Crippen LogP contribution in [0.5, 0.6) is 0 Å². The van der Waals surface area contributed by atoms with Crippen LogP contribution < -0.4 is 0 Å². The smallest absolute Gasteiger partial charge is 0.00447 e. The zero-order valence-corrected chi connectivity index (χ0v) is 6.03. The molecule has 2 aliphatic carbocycles. The molecule has 0 fully saturated rings. The van der Waals surface area contributed by atoms with Crippen LogP contribution in [0, 0.1) is 11.8 Å². The lowest BCUT2D eigenvalue weighted by molar-refractivity contribution is 0.523. The molecule has 0 N–H and O–H groups in total. The first-order valence-electron chi connectivity index (χ1n) is 3.97. The third-order valence-electron chi connectivity index (χ3n) is 2.25. The van der Waals surface area contributed by atoms with Gasteiger partial charge in [0.25, 0.3) is 0 Å². The minimum Gasteiger partial charge on any atom is -0.0874 e. The van der Waals surface area contributed by atoms with E-state index in [2.05, 4.69) is 36.5 Å². The van der Waals surface area contributed by atoms with E-state index in [1.165, 1.54) is 12.8 Å². The van der Waals surface area contributed by atoms with Gasteiger partial charge in [0.15, 0.2) is 0 Å². The van der Waals surface area contributed by atoms with Crippen LogP contribution in [-0.4, -0.2) is 0 Å². The van der Waals surface area contributed by atoms with Gasteiger partial charge in [0.1, 0.15) is 0 Å². The van der Waals surface area contributed by atoms with E-state index in [1.54, 1.807) is 0 Å². The molecule has 0 aliphatic heterocycles. The standard InChI is InChI=1S/C10H12/c1-2-5-10-7-3-6-9(4-1)8-10/h1-6,9-10H,7-8H2. The predicted molar refractivity (Wildman–Crippen MR) is 43.6 cm³/mol. The molecule has 2 unspecified atom stereocenters. The molecule has 2 atom stereocenters. The number of hydrogen-bond donors (Lipinski definition) is 0. The quantitative estimate of drug-likeness (QED) is 0.444. The van der Waals surface area contributed by atoms with Crippen LogP contribution >= 0.6 is 0 Å². The summed E-state index contributed by atoms with van der Waals surface area (Å²) in [5, 5.41) is 0. The molecule has 0 nitrogen and oxygen atoms in total.